The lowest BCUT2D eigenvalue weighted by Gasteiger charge is -2.24. The number of carbonyl (C=O) groups is 4. The summed E-state index contributed by atoms with van der Waals surface area (Å²) in [7, 11) is 0. The SMILES string of the molecule is Cc1cc(C)n(Cc2cccc(C(=O)N[C@H]3CCCCNC(=O)[C@@H](C)NC(=O)c4nc(oc4C)[C@H](C(C)C)NC3=O)c2)n1. The molecule has 0 spiro atoms. The van der Waals surface area contributed by atoms with E-state index in [2.05, 4.69) is 31.3 Å². The van der Waals surface area contributed by atoms with E-state index in [1.807, 2.05) is 50.6 Å². The fourth-order valence-electron chi connectivity index (χ4n) is 5.03. The van der Waals surface area contributed by atoms with E-state index in [0.717, 1.165) is 17.0 Å². The van der Waals surface area contributed by atoms with Gasteiger partial charge in [0.2, 0.25) is 17.7 Å². The van der Waals surface area contributed by atoms with E-state index in [9.17, 15) is 19.2 Å². The molecule has 3 atom stereocenters. The van der Waals surface area contributed by atoms with Crippen molar-refractivity contribution in [1.82, 2.24) is 36.0 Å². The van der Waals surface area contributed by atoms with E-state index in [1.54, 1.807) is 26.0 Å². The Labute approximate surface area is 251 Å². The Bertz CT molecular complexity index is 1490. The highest BCUT2D eigenvalue weighted by molar-refractivity contribution is 5.98. The smallest absolute Gasteiger partial charge is 0.274 e. The molecule has 1 aliphatic heterocycles. The zero-order chi connectivity index (χ0) is 31.3. The predicted octanol–water partition coefficient (Wildman–Crippen LogP) is 2.87. The Kier molecular flexibility index (Phi) is 9.99. The number of hydrogen-bond acceptors (Lipinski definition) is 7. The average Bonchev–Trinajstić information content (AvgIpc) is 3.49. The molecule has 3 heterocycles. The minimum Gasteiger partial charge on any atom is -0.443 e. The maximum Gasteiger partial charge on any atom is 0.274 e. The van der Waals surface area contributed by atoms with Crippen LogP contribution in [0.2, 0.25) is 0 Å². The first kappa shape index (κ1) is 31.5. The molecule has 43 heavy (non-hydrogen) atoms. The standard InChI is InChI=1S/C31H41N7O5/c1-17(2)25-31-36-26(21(6)43-31)30(42)33-20(5)27(39)32-13-8-7-12-24(29(41)35-25)34-28(40)23-11-9-10-22(15-23)16-38-19(4)14-18(3)37-38/h9-11,14-15,17,20,24-25H,7-8,12-13,16H2,1-6H3,(H,32,39)(H,33,42)(H,34,40)(H,35,41)/t20-,24+,25+/m1/s1. The number of oxazole rings is 1. The molecule has 0 unspecified atom stereocenters. The molecule has 230 valence electrons. The Morgan fingerprint density at radius 2 is 1.86 bits per heavy atom. The number of aromatic nitrogens is 3. The van der Waals surface area contributed by atoms with Gasteiger partial charge < -0.3 is 25.7 Å². The van der Waals surface area contributed by atoms with Crippen molar-refractivity contribution in [1.29, 1.82) is 0 Å². The number of carbonyl (C=O) groups excluding carboxylic acids is 4. The summed E-state index contributed by atoms with van der Waals surface area (Å²) in [6, 6.07) is 6.98. The van der Waals surface area contributed by atoms with Gasteiger partial charge in [0, 0.05) is 17.8 Å². The summed E-state index contributed by atoms with van der Waals surface area (Å²) in [6.07, 6.45) is 1.50. The van der Waals surface area contributed by atoms with Crippen LogP contribution >= 0.6 is 0 Å². The molecule has 0 radical (unpaired) electrons. The van der Waals surface area contributed by atoms with Crippen LogP contribution in [0.3, 0.4) is 0 Å². The van der Waals surface area contributed by atoms with E-state index < -0.39 is 29.9 Å². The van der Waals surface area contributed by atoms with E-state index >= 15 is 0 Å². The van der Waals surface area contributed by atoms with Crippen molar-refractivity contribution in [3.63, 3.8) is 0 Å². The van der Waals surface area contributed by atoms with Gasteiger partial charge in [-0.2, -0.15) is 5.10 Å². The van der Waals surface area contributed by atoms with Crippen LogP contribution in [0.1, 0.15) is 95.5 Å². The third kappa shape index (κ3) is 7.88. The van der Waals surface area contributed by atoms with Gasteiger partial charge in [0.25, 0.3) is 11.8 Å². The van der Waals surface area contributed by atoms with Crippen molar-refractivity contribution < 1.29 is 23.6 Å². The summed E-state index contributed by atoms with van der Waals surface area (Å²) in [5, 5.41) is 15.9. The van der Waals surface area contributed by atoms with Crippen molar-refractivity contribution in [2.45, 2.75) is 85.5 Å². The Hall–Kier alpha value is -4.48. The monoisotopic (exact) mass is 591 g/mol. The number of benzene rings is 1. The van der Waals surface area contributed by atoms with Crippen LogP contribution in [0.5, 0.6) is 0 Å². The predicted molar refractivity (Wildman–Crippen MR) is 159 cm³/mol. The third-order valence-electron chi connectivity index (χ3n) is 7.47. The zero-order valence-electron chi connectivity index (χ0n) is 25.6. The minimum absolute atomic E-state index is 0.0480. The summed E-state index contributed by atoms with van der Waals surface area (Å²) in [6.45, 7) is 11.8. The van der Waals surface area contributed by atoms with Crippen molar-refractivity contribution in [2.75, 3.05) is 6.54 Å². The first-order valence-electron chi connectivity index (χ1n) is 14.7. The third-order valence-corrected chi connectivity index (χ3v) is 7.47. The summed E-state index contributed by atoms with van der Waals surface area (Å²) < 4.78 is 7.70. The highest BCUT2D eigenvalue weighted by atomic mass is 16.4. The van der Waals surface area contributed by atoms with E-state index in [4.69, 9.17) is 4.42 Å². The first-order chi connectivity index (χ1) is 20.4. The second-order valence-corrected chi connectivity index (χ2v) is 11.5. The number of nitrogens with zero attached hydrogens (tertiary/aromatic N) is 3. The van der Waals surface area contributed by atoms with E-state index in [0.29, 0.717) is 37.9 Å². The van der Waals surface area contributed by atoms with Crippen LogP contribution in [0.25, 0.3) is 0 Å². The number of amides is 4. The van der Waals surface area contributed by atoms with Crippen molar-refractivity contribution >= 4 is 23.6 Å². The van der Waals surface area contributed by atoms with Gasteiger partial charge in [-0.1, -0.05) is 26.0 Å². The van der Waals surface area contributed by atoms with E-state index in [1.165, 1.54) is 0 Å². The van der Waals surface area contributed by atoms with Crippen LogP contribution < -0.4 is 21.3 Å². The van der Waals surface area contributed by atoms with Gasteiger partial charge in [-0.25, -0.2) is 4.98 Å². The van der Waals surface area contributed by atoms with Gasteiger partial charge in [-0.05, 0) is 76.6 Å². The molecule has 0 saturated heterocycles. The number of rotatable bonds is 5. The molecule has 3 aromatic rings. The number of aryl methyl sites for hydroxylation is 3. The molecule has 4 N–H and O–H groups in total. The fourth-order valence-corrected chi connectivity index (χ4v) is 5.03. The minimum atomic E-state index is -0.852. The van der Waals surface area contributed by atoms with Gasteiger partial charge in [-0.3, -0.25) is 23.9 Å². The normalized spacial score (nSPS) is 20.3. The molecule has 2 aromatic heterocycles. The molecule has 1 aliphatic rings. The van der Waals surface area contributed by atoms with Gasteiger partial charge in [0.15, 0.2) is 5.69 Å². The molecular formula is C31H41N7O5. The quantitative estimate of drug-likeness (QED) is 0.355. The van der Waals surface area contributed by atoms with Gasteiger partial charge in [-0.15, -0.1) is 0 Å². The Morgan fingerprint density at radius 1 is 1.09 bits per heavy atom. The molecule has 0 fully saturated rings. The highest BCUT2D eigenvalue weighted by Gasteiger charge is 2.31. The van der Waals surface area contributed by atoms with Crippen molar-refractivity contribution in [3.8, 4) is 0 Å². The average molecular weight is 592 g/mol. The van der Waals surface area contributed by atoms with Gasteiger partial charge >= 0.3 is 0 Å². The second-order valence-electron chi connectivity index (χ2n) is 11.5. The first-order valence-corrected chi connectivity index (χ1v) is 14.7. The van der Waals surface area contributed by atoms with Gasteiger partial charge in [0.05, 0.1) is 12.2 Å². The van der Waals surface area contributed by atoms with Crippen LogP contribution in [0.15, 0.2) is 34.7 Å². The van der Waals surface area contributed by atoms with Gasteiger partial charge in [0.1, 0.15) is 23.9 Å². The Balaban J connectivity index is 1.56. The molecule has 4 rings (SSSR count). The lowest BCUT2D eigenvalue weighted by molar-refractivity contribution is -0.124. The summed E-state index contributed by atoms with van der Waals surface area (Å²) >= 11 is 0. The lowest BCUT2D eigenvalue weighted by atomic mass is 10.0. The molecule has 0 saturated carbocycles. The maximum atomic E-state index is 13.6. The van der Waals surface area contributed by atoms with Crippen molar-refractivity contribution in [2.24, 2.45) is 5.92 Å². The maximum absolute atomic E-state index is 13.6. The molecular weight excluding hydrogens is 550 g/mol. The number of nitrogens with one attached hydrogen (secondary N) is 4. The molecule has 1 aromatic carbocycles. The lowest BCUT2D eigenvalue weighted by Crippen LogP contribution is -2.48. The van der Waals surface area contributed by atoms with Crippen LogP contribution in [0.4, 0.5) is 0 Å². The zero-order valence-corrected chi connectivity index (χ0v) is 25.6. The summed E-state index contributed by atoms with van der Waals surface area (Å²) in [5.41, 5.74) is 3.33. The van der Waals surface area contributed by atoms with Crippen LogP contribution in [0, 0.1) is 26.7 Å². The molecule has 4 amide bonds. The Morgan fingerprint density at radius 3 is 2.56 bits per heavy atom. The van der Waals surface area contributed by atoms with E-state index in [-0.39, 0.29) is 35.1 Å². The molecule has 0 aliphatic carbocycles. The summed E-state index contributed by atoms with van der Waals surface area (Å²) in [4.78, 5) is 56.8. The van der Waals surface area contributed by atoms with Crippen molar-refractivity contribution in [3.05, 3.63) is 70.2 Å². The number of fused-ring (bicyclic) bond motifs is 2. The highest BCUT2D eigenvalue weighted by Crippen LogP contribution is 2.24. The second kappa shape index (κ2) is 13.7. The topological polar surface area (TPSA) is 160 Å². The molecule has 2 bridgehead atoms. The van der Waals surface area contributed by atoms with Crippen LogP contribution in [-0.4, -0.2) is 57.0 Å². The molecule has 12 nitrogen and oxygen atoms in total. The largest absolute Gasteiger partial charge is 0.443 e. The van der Waals surface area contributed by atoms with Crippen LogP contribution in [-0.2, 0) is 16.1 Å². The molecule has 12 heteroatoms. The number of hydrogen-bond donors (Lipinski definition) is 4. The fraction of sp³-hybridized carbons (Fsp3) is 0.484. The summed E-state index contributed by atoms with van der Waals surface area (Å²) in [5.74, 6) is -1.32.